The predicted octanol–water partition coefficient (Wildman–Crippen LogP) is 3.02. The van der Waals surface area contributed by atoms with Gasteiger partial charge >= 0.3 is 0 Å². The number of carbonyl (C=O) groups excluding carboxylic acids is 1. The summed E-state index contributed by atoms with van der Waals surface area (Å²) in [6, 6.07) is 16.8. The number of nitrogens with zero attached hydrogens (tertiary/aromatic N) is 1. The van der Waals surface area contributed by atoms with E-state index in [1.165, 1.54) is 12.8 Å². The summed E-state index contributed by atoms with van der Waals surface area (Å²) in [6.45, 7) is 0. The molecule has 0 aliphatic carbocycles. The molecule has 1 N–H and O–H groups in total. The summed E-state index contributed by atoms with van der Waals surface area (Å²) in [7, 11) is -1.58. The summed E-state index contributed by atoms with van der Waals surface area (Å²) < 4.78 is 25.3. The molecule has 2 fully saturated rings. The van der Waals surface area contributed by atoms with Gasteiger partial charge in [0.15, 0.2) is 9.84 Å². The summed E-state index contributed by atoms with van der Waals surface area (Å²) >= 11 is 0. The fraction of sp³-hybridized carbons (Fsp3) is 0.409. The molecular weight excluding hydrogens is 372 g/mol. The number of hydrogen-bond acceptors (Lipinski definition) is 4. The van der Waals surface area contributed by atoms with Crippen molar-refractivity contribution in [2.75, 3.05) is 7.05 Å². The van der Waals surface area contributed by atoms with Crippen LogP contribution in [0.4, 0.5) is 0 Å². The van der Waals surface area contributed by atoms with Crippen LogP contribution < -0.4 is 5.32 Å². The Kier molecular flexibility index (Phi) is 5.25. The second kappa shape index (κ2) is 7.68. The fourth-order valence-corrected chi connectivity index (χ4v) is 5.74. The summed E-state index contributed by atoms with van der Waals surface area (Å²) in [5, 5.41) is 3.59. The first-order valence-electron chi connectivity index (χ1n) is 9.82. The van der Waals surface area contributed by atoms with E-state index in [-0.39, 0.29) is 22.6 Å². The van der Waals surface area contributed by atoms with Gasteiger partial charge in [-0.25, -0.2) is 8.42 Å². The molecule has 6 heteroatoms. The van der Waals surface area contributed by atoms with E-state index in [1.54, 1.807) is 36.4 Å². The molecule has 2 aromatic carbocycles. The molecule has 28 heavy (non-hydrogen) atoms. The number of rotatable bonds is 5. The zero-order chi connectivity index (χ0) is 19.7. The van der Waals surface area contributed by atoms with E-state index in [0.717, 1.165) is 18.4 Å². The third kappa shape index (κ3) is 3.98. The van der Waals surface area contributed by atoms with Gasteiger partial charge in [0.05, 0.1) is 10.6 Å². The Labute approximate surface area is 166 Å². The fourth-order valence-electron chi connectivity index (χ4n) is 4.39. The van der Waals surface area contributed by atoms with Crippen molar-refractivity contribution < 1.29 is 13.2 Å². The Morgan fingerprint density at radius 1 is 1.00 bits per heavy atom. The molecular formula is C22H26N2O3S. The van der Waals surface area contributed by atoms with Crippen molar-refractivity contribution in [1.29, 1.82) is 0 Å². The van der Waals surface area contributed by atoms with E-state index < -0.39 is 9.84 Å². The highest BCUT2D eigenvalue weighted by atomic mass is 32.2. The number of benzene rings is 2. The van der Waals surface area contributed by atoms with Gasteiger partial charge in [0.25, 0.3) is 5.91 Å². The van der Waals surface area contributed by atoms with E-state index in [1.807, 2.05) is 30.1 Å². The van der Waals surface area contributed by atoms with Gasteiger partial charge in [-0.15, -0.1) is 0 Å². The molecule has 0 radical (unpaired) electrons. The minimum atomic E-state index is -3.44. The second-order valence-corrected chi connectivity index (χ2v) is 9.94. The van der Waals surface area contributed by atoms with Crippen molar-refractivity contribution in [1.82, 2.24) is 10.2 Å². The molecule has 5 nitrogen and oxygen atoms in total. The van der Waals surface area contributed by atoms with E-state index in [9.17, 15) is 13.2 Å². The number of nitrogens with one attached hydrogen (secondary N) is 1. The molecule has 4 rings (SSSR count). The lowest BCUT2D eigenvalue weighted by Crippen LogP contribution is -2.48. The summed E-state index contributed by atoms with van der Waals surface area (Å²) in [4.78, 5) is 15.0. The van der Waals surface area contributed by atoms with Crippen LogP contribution in [0.15, 0.2) is 59.5 Å². The number of amides is 1. The van der Waals surface area contributed by atoms with Crippen LogP contribution in [0.5, 0.6) is 0 Å². The maximum Gasteiger partial charge on any atom is 0.253 e. The zero-order valence-corrected chi connectivity index (χ0v) is 16.9. The largest absolute Gasteiger partial charge is 0.339 e. The molecule has 2 bridgehead atoms. The van der Waals surface area contributed by atoms with Crippen LogP contribution in [-0.2, 0) is 15.6 Å². The average Bonchev–Trinajstić information content (AvgIpc) is 3.05. The molecule has 1 amide bonds. The minimum Gasteiger partial charge on any atom is -0.339 e. The lowest BCUT2D eigenvalue weighted by Gasteiger charge is -2.35. The van der Waals surface area contributed by atoms with E-state index >= 15 is 0 Å². The third-order valence-corrected chi connectivity index (χ3v) is 7.68. The van der Waals surface area contributed by atoms with Gasteiger partial charge in [0, 0.05) is 30.7 Å². The quantitative estimate of drug-likeness (QED) is 0.841. The van der Waals surface area contributed by atoms with Crippen molar-refractivity contribution >= 4 is 15.7 Å². The predicted molar refractivity (Wildman–Crippen MR) is 109 cm³/mol. The Morgan fingerprint density at radius 2 is 1.61 bits per heavy atom. The Hall–Kier alpha value is -2.18. The van der Waals surface area contributed by atoms with Crippen LogP contribution in [0.1, 0.15) is 41.6 Å². The van der Waals surface area contributed by atoms with Gasteiger partial charge in [0.1, 0.15) is 0 Å². The van der Waals surface area contributed by atoms with Gasteiger partial charge < -0.3 is 10.2 Å². The maximum atomic E-state index is 12.9. The van der Waals surface area contributed by atoms with Crippen molar-refractivity contribution in [2.24, 2.45) is 0 Å². The lowest BCUT2D eigenvalue weighted by atomic mass is 9.98. The monoisotopic (exact) mass is 398 g/mol. The van der Waals surface area contributed by atoms with Gasteiger partial charge in [-0.05, 0) is 55.5 Å². The normalized spacial score (nSPS) is 24.1. The van der Waals surface area contributed by atoms with Crippen molar-refractivity contribution in [3.63, 3.8) is 0 Å². The highest BCUT2D eigenvalue weighted by Gasteiger charge is 2.36. The minimum absolute atomic E-state index is 0.0428. The standard InChI is InChI=1S/C22H26N2O3S/c1-24(20-13-18-9-10-19(14-20)23-18)22(25)17-7-11-21(12-8-17)28(26,27)15-16-5-3-2-4-6-16/h2-8,11-12,18-20,23H,9-10,13-15H2,1H3. The van der Waals surface area contributed by atoms with Crippen molar-refractivity contribution in [2.45, 2.75) is 54.5 Å². The van der Waals surface area contributed by atoms with Gasteiger partial charge in [0.2, 0.25) is 0 Å². The highest BCUT2D eigenvalue weighted by Crippen LogP contribution is 2.30. The van der Waals surface area contributed by atoms with Crippen LogP contribution in [-0.4, -0.2) is 44.4 Å². The molecule has 0 spiro atoms. The second-order valence-electron chi connectivity index (χ2n) is 7.95. The Morgan fingerprint density at radius 3 is 2.21 bits per heavy atom. The summed E-state index contributed by atoms with van der Waals surface area (Å²) in [5.74, 6) is -0.0860. The molecule has 2 heterocycles. The molecule has 2 saturated heterocycles. The smallest absolute Gasteiger partial charge is 0.253 e. The number of piperidine rings is 1. The number of fused-ring (bicyclic) bond motifs is 2. The van der Waals surface area contributed by atoms with E-state index in [0.29, 0.717) is 17.6 Å². The average molecular weight is 399 g/mol. The van der Waals surface area contributed by atoms with Crippen molar-refractivity contribution in [3.05, 3.63) is 65.7 Å². The molecule has 0 saturated carbocycles. The zero-order valence-electron chi connectivity index (χ0n) is 16.0. The summed E-state index contributed by atoms with van der Waals surface area (Å²) in [5.41, 5.74) is 1.29. The first kappa shape index (κ1) is 19.2. The maximum absolute atomic E-state index is 12.9. The van der Waals surface area contributed by atoms with Gasteiger partial charge in [-0.3, -0.25) is 4.79 Å². The molecule has 0 aromatic heterocycles. The molecule has 2 aromatic rings. The first-order chi connectivity index (χ1) is 13.4. The number of hydrogen-bond donors (Lipinski definition) is 1. The van der Waals surface area contributed by atoms with E-state index in [2.05, 4.69) is 5.32 Å². The van der Waals surface area contributed by atoms with Crippen LogP contribution in [0.2, 0.25) is 0 Å². The van der Waals surface area contributed by atoms with Crippen molar-refractivity contribution in [3.8, 4) is 0 Å². The van der Waals surface area contributed by atoms with Crippen LogP contribution >= 0.6 is 0 Å². The van der Waals surface area contributed by atoms with Gasteiger partial charge in [-0.2, -0.15) is 0 Å². The molecule has 2 unspecified atom stereocenters. The topological polar surface area (TPSA) is 66.5 Å². The SMILES string of the molecule is CN(C(=O)c1ccc(S(=O)(=O)Cc2ccccc2)cc1)C1CC2CCC(C1)N2. The highest BCUT2D eigenvalue weighted by molar-refractivity contribution is 7.90. The molecule has 2 atom stereocenters. The number of sulfone groups is 1. The Balaban J connectivity index is 1.45. The summed E-state index contributed by atoms with van der Waals surface area (Å²) in [6.07, 6.45) is 4.36. The van der Waals surface area contributed by atoms with E-state index in [4.69, 9.17) is 0 Å². The van der Waals surface area contributed by atoms with Crippen LogP contribution in [0, 0.1) is 0 Å². The molecule has 2 aliphatic heterocycles. The van der Waals surface area contributed by atoms with Gasteiger partial charge in [-0.1, -0.05) is 30.3 Å². The third-order valence-electron chi connectivity index (χ3n) is 5.98. The lowest BCUT2D eigenvalue weighted by molar-refractivity contribution is 0.0681. The van der Waals surface area contributed by atoms with Crippen LogP contribution in [0.3, 0.4) is 0 Å². The van der Waals surface area contributed by atoms with Crippen LogP contribution in [0.25, 0.3) is 0 Å². The molecule has 2 aliphatic rings. The Bertz CT molecular complexity index is 930. The first-order valence-corrected chi connectivity index (χ1v) is 11.5. The number of carbonyl (C=O) groups is 1. The molecule has 148 valence electrons.